The Bertz CT molecular complexity index is 3180. The normalized spacial score (nSPS) is 19.0. The van der Waals surface area contributed by atoms with E-state index in [1.165, 1.54) is 23.9 Å². The van der Waals surface area contributed by atoms with E-state index in [2.05, 4.69) is 28.2 Å². The van der Waals surface area contributed by atoms with Crippen molar-refractivity contribution in [1.29, 1.82) is 0 Å². The van der Waals surface area contributed by atoms with Crippen LogP contribution in [0.1, 0.15) is 177 Å². The second-order valence-corrected chi connectivity index (χ2v) is 32.7. The topological polar surface area (TPSA) is 358 Å². The molecule has 2 heterocycles. The quantitative estimate of drug-likeness (QED) is 0.0377. The number of amides is 8. The molecule has 650 valence electrons. The molecule has 31 nitrogen and oxygen atoms in total. The van der Waals surface area contributed by atoms with Crippen molar-refractivity contribution in [2.75, 3.05) is 173 Å². The van der Waals surface area contributed by atoms with Gasteiger partial charge in [-0.1, -0.05) is 103 Å². The lowest BCUT2D eigenvalue weighted by atomic mass is 9.85. The van der Waals surface area contributed by atoms with Gasteiger partial charge in [-0.3, -0.25) is 38.6 Å². The summed E-state index contributed by atoms with van der Waals surface area (Å²) in [5, 5.41) is 27.9. The summed E-state index contributed by atoms with van der Waals surface area (Å²) < 4.78 is 73.0. The number of ether oxygens (including phenoxy) is 13. The van der Waals surface area contributed by atoms with Crippen molar-refractivity contribution < 1.29 is 110 Å². The fraction of sp³-hybridized carbons (Fsp3) is 0.759. The Morgan fingerprint density at radius 1 is 0.456 bits per heavy atom. The zero-order valence-corrected chi connectivity index (χ0v) is 71.6. The SMILES string of the molecule is CCCCOCCOCCOCCOCCOCCO[C@@H]1Cc2ccccc2[C@@H]1NC(=O)[C@@H]1CCCN1C(=O)[C@@H](NC(=O)[C@H](C)N(C)C(=O)OC(C)(C)C)C(C)(C)C.CO.C[C@@H](C(=O)N[C@H](C(=O)N1CCC[C@H]1C(=O)N[C@H]1c2ccccc2C[C@H]1OCCOCCOCCOCCOCCO)C(C)(C)C)N(C)C(=O)OC(C)(C)C. The average molecular weight is 1620 g/mol. The molecular weight excluding hydrogens is 1480 g/mol. The van der Waals surface area contributed by atoms with E-state index in [1.807, 2.05) is 90.1 Å². The number of benzene rings is 2. The fourth-order valence-electron chi connectivity index (χ4n) is 12.9. The molecular formula is C83H140N8O23. The molecule has 0 spiro atoms. The van der Waals surface area contributed by atoms with E-state index in [0.29, 0.717) is 177 Å². The van der Waals surface area contributed by atoms with Crippen LogP contribution in [0.3, 0.4) is 0 Å². The van der Waals surface area contributed by atoms with Crippen molar-refractivity contribution in [1.82, 2.24) is 40.9 Å². The molecule has 0 aromatic heterocycles. The van der Waals surface area contributed by atoms with Crippen molar-refractivity contribution in [3.63, 3.8) is 0 Å². The first-order valence-corrected chi connectivity index (χ1v) is 40.5. The van der Waals surface area contributed by atoms with Crippen molar-refractivity contribution >= 4 is 47.6 Å². The van der Waals surface area contributed by atoms with E-state index in [1.54, 1.807) is 65.2 Å². The van der Waals surface area contributed by atoms with Gasteiger partial charge < -0.3 is 103 Å². The molecule has 2 aromatic carbocycles. The minimum atomic E-state index is -0.946. The summed E-state index contributed by atoms with van der Waals surface area (Å²) in [5.74, 6) is -2.24. The van der Waals surface area contributed by atoms with E-state index in [9.17, 15) is 38.4 Å². The smallest absolute Gasteiger partial charge is 0.410 e. The van der Waals surface area contributed by atoms with Crippen LogP contribution >= 0.6 is 0 Å². The molecule has 2 fully saturated rings. The molecule has 0 saturated carbocycles. The molecule has 10 atom stereocenters. The standard InChI is InChI=1S/C43H72N4O11.C39H64N4O11.CH4O/c1-10-11-19-52-20-21-53-22-23-54-24-25-55-26-27-56-28-29-57-35-30-32-15-12-13-16-33(32)36(35)44-39(49)34-17-14-18-47(34)40(50)37(42(3,4)5)45-38(48)31(2)46(9)41(51)58-43(6,7)8;1-27(42(8)37(48)54-39(5,6)7)34(45)41-33(38(2,3)4)36(47)43-15-11-14-30(43)35(46)40-32-29-13-10-9-12-28(29)26-31(32)53-25-24-52-23-22-51-21-20-50-19-18-49-17-16-44;1-2/h12-13,15-16,31,34-37H,10-11,14,17-30H2,1-9H3,(H,44,49)(H,45,48);9-10,12-13,27,30-33,44H,11,14-26H2,1-8H3,(H,40,46)(H,41,45);2H,1H3/t31-,34-,35+,36-,37+;27-,30-,31+,32-,33+;/m00./s1. The Morgan fingerprint density at radius 3 is 1.05 bits per heavy atom. The van der Waals surface area contributed by atoms with Crippen LogP contribution in [0, 0.1) is 10.8 Å². The molecule has 0 radical (unpaired) electrons. The molecule has 8 amide bonds. The third-order valence-electron chi connectivity index (χ3n) is 19.3. The number of likely N-dealkylation sites (tertiary alicyclic amines) is 2. The summed E-state index contributed by atoms with van der Waals surface area (Å²) in [7, 11) is 3.97. The number of carbonyl (C=O) groups excluding carboxylic acids is 8. The van der Waals surface area contributed by atoms with Crippen LogP contribution in [0.15, 0.2) is 48.5 Å². The van der Waals surface area contributed by atoms with Crippen LogP contribution in [0.2, 0.25) is 0 Å². The van der Waals surface area contributed by atoms with E-state index >= 15 is 0 Å². The van der Waals surface area contributed by atoms with Gasteiger partial charge in [0.1, 0.15) is 47.5 Å². The van der Waals surface area contributed by atoms with Crippen LogP contribution in [0.5, 0.6) is 0 Å². The lowest BCUT2D eigenvalue weighted by Gasteiger charge is -2.37. The van der Waals surface area contributed by atoms with Crippen LogP contribution in [0.25, 0.3) is 0 Å². The van der Waals surface area contributed by atoms with Gasteiger partial charge in [-0.05, 0) is 121 Å². The van der Waals surface area contributed by atoms with Gasteiger partial charge in [0.25, 0.3) is 0 Å². The first kappa shape index (κ1) is 99.6. The van der Waals surface area contributed by atoms with Crippen molar-refractivity contribution in [2.24, 2.45) is 10.8 Å². The minimum Gasteiger partial charge on any atom is -0.444 e. The van der Waals surface area contributed by atoms with E-state index in [4.69, 9.17) is 71.8 Å². The molecule has 6 rings (SSSR count). The van der Waals surface area contributed by atoms with Crippen LogP contribution in [-0.4, -0.2) is 310 Å². The second kappa shape index (κ2) is 51.5. The Balaban J connectivity index is 0.000000471. The Morgan fingerprint density at radius 2 is 0.754 bits per heavy atom. The van der Waals surface area contributed by atoms with Gasteiger partial charge in [-0.15, -0.1) is 0 Å². The van der Waals surface area contributed by atoms with Crippen LogP contribution in [0.4, 0.5) is 9.59 Å². The van der Waals surface area contributed by atoms with Gasteiger partial charge in [0.2, 0.25) is 35.4 Å². The first-order chi connectivity index (χ1) is 54.1. The first-order valence-electron chi connectivity index (χ1n) is 40.5. The molecule has 31 heteroatoms. The Kier molecular flexibility index (Phi) is 45.0. The number of hydrogen-bond donors (Lipinski definition) is 6. The third kappa shape index (κ3) is 34.8. The maximum absolute atomic E-state index is 14.2. The number of likely N-dealkylation sites (N-methyl/N-ethyl adjacent to an activating group) is 2. The molecule has 0 unspecified atom stereocenters. The molecule has 0 bridgehead atoms. The predicted molar refractivity (Wildman–Crippen MR) is 428 cm³/mol. The summed E-state index contributed by atoms with van der Waals surface area (Å²) in [5.41, 5.74) is 1.30. The number of hydrogen-bond acceptors (Lipinski definition) is 23. The van der Waals surface area contributed by atoms with Crippen molar-refractivity contribution in [3.05, 3.63) is 70.8 Å². The summed E-state index contributed by atoms with van der Waals surface area (Å²) in [4.78, 5) is 114. The van der Waals surface area contributed by atoms with Crippen LogP contribution in [-0.2, 0) is 103 Å². The highest BCUT2D eigenvalue weighted by molar-refractivity contribution is 5.96. The van der Waals surface area contributed by atoms with Gasteiger partial charge in [0.15, 0.2) is 0 Å². The summed E-state index contributed by atoms with van der Waals surface area (Å²) in [6.07, 6.45) is 3.78. The number of unbranched alkanes of at least 4 members (excludes halogenated alkanes) is 1. The van der Waals surface area contributed by atoms with Gasteiger partial charge in [-0.25, -0.2) is 9.59 Å². The monoisotopic (exact) mass is 1620 g/mol. The molecule has 2 aliphatic heterocycles. The van der Waals surface area contributed by atoms with Crippen molar-refractivity contribution in [3.8, 4) is 0 Å². The Hall–Kier alpha value is -6.72. The maximum Gasteiger partial charge on any atom is 0.410 e. The second-order valence-electron chi connectivity index (χ2n) is 32.7. The summed E-state index contributed by atoms with van der Waals surface area (Å²) in [6.45, 7) is 36.7. The highest BCUT2D eigenvalue weighted by Crippen LogP contribution is 2.37. The maximum atomic E-state index is 14.2. The molecule has 2 aliphatic carbocycles. The van der Waals surface area contributed by atoms with E-state index in [-0.39, 0.29) is 42.4 Å². The molecule has 6 N–H and O–H groups in total. The number of nitrogens with one attached hydrogen (secondary N) is 4. The Labute approximate surface area is 677 Å². The lowest BCUT2D eigenvalue weighted by molar-refractivity contribution is -0.144. The zero-order valence-electron chi connectivity index (χ0n) is 71.6. The number of rotatable bonds is 46. The number of fused-ring (bicyclic) bond motifs is 2. The van der Waals surface area contributed by atoms with Gasteiger partial charge in [-0.2, -0.15) is 0 Å². The van der Waals surface area contributed by atoms with Gasteiger partial charge >= 0.3 is 12.2 Å². The van der Waals surface area contributed by atoms with Gasteiger partial charge in [0, 0.05) is 53.7 Å². The molecule has 114 heavy (non-hydrogen) atoms. The summed E-state index contributed by atoms with van der Waals surface area (Å²) in [6, 6.07) is 9.90. The minimum absolute atomic E-state index is 0.00804. The number of aliphatic hydroxyl groups excluding tert-OH is 2. The van der Waals surface area contributed by atoms with E-state index in [0.717, 1.165) is 48.8 Å². The van der Waals surface area contributed by atoms with Gasteiger partial charge in [0.05, 0.1) is 156 Å². The fourth-order valence-corrected chi connectivity index (χ4v) is 12.9. The van der Waals surface area contributed by atoms with Crippen molar-refractivity contribution in [2.45, 2.75) is 227 Å². The third-order valence-corrected chi connectivity index (χ3v) is 19.3. The highest BCUT2D eigenvalue weighted by Gasteiger charge is 2.47. The average Bonchev–Trinajstić information content (AvgIpc) is 1.67. The largest absolute Gasteiger partial charge is 0.444 e. The highest BCUT2D eigenvalue weighted by atomic mass is 16.6. The summed E-state index contributed by atoms with van der Waals surface area (Å²) >= 11 is 0. The molecule has 2 saturated heterocycles. The zero-order chi connectivity index (χ0) is 84.6. The molecule has 2 aromatic rings. The van der Waals surface area contributed by atoms with Crippen LogP contribution < -0.4 is 21.3 Å². The lowest BCUT2D eigenvalue weighted by Crippen LogP contribution is -2.60. The number of nitrogens with zero attached hydrogens (tertiary/aromatic N) is 4. The predicted octanol–water partition coefficient (Wildman–Crippen LogP) is 6.68. The molecule has 4 aliphatic rings. The number of aliphatic hydroxyl groups is 2. The van der Waals surface area contributed by atoms with E-state index < -0.39 is 94.4 Å². The number of carbonyl (C=O) groups is 8.